The van der Waals surface area contributed by atoms with E-state index in [4.69, 9.17) is 0 Å². The number of hydrogen-bond donors (Lipinski definition) is 0. The first-order valence-electron chi connectivity index (χ1n) is 29.8. The van der Waals surface area contributed by atoms with E-state index >= 15 is 0 Å². The molecule has 0 saturated heterocycles. The van der Waals surface area contributed by atoms with Gasteiger partial charge in [-0.3, -0.25) is 0 Å². The van der Waals surface area contributed by atoms with Gasteiger partial charge in [0.05, 0.1) is 0 Å². The fourth-order valence-corrected chi connectivity index (χ4v) is 13.6. The molecule has 84 heavy (non-hydrogen) atoms. The van der Waals surface area contributed by atoms with Gasteiger partial charge in [0.1, 0.15) is 0 Å². The molecule has 17 aromatic rings. The van der Waals surface area contributed by atoms with Crippen LogP contribution < -0.4 is 0 Å². The third-order valence-electron chi connectivity index (χ3n) is 17.0. The Morgan fingerprint density at radius 1 is 0.143 bits per heavy atom. The van der Waals surface area contributed by atoms with Crippen LogP contribution in [0.4, 0.5) is 0 Å². The van der Waals surface area contributed by atoms with Crippen LogP contribution in [0.5, 0.6) is 0 Å². The van der Waals surface area contributed by atoms with Gasteiger partial charge in [-0.15, -0.1) is 0 Å². The van der Waals surface area contributed by atoms with Crippen LogP contribution in [0.25, 0.3) is 163 Å². The van der Waals surface area contributed by atoms with Gasteiger partial charge >= 0.3 is 0 Å². The molecule has 0 aliphatic rings. The van der Waals surface area contributed by atoms with E-state index in [0.717, 1.165) is 0 Å². The number of benzene rings is 17. The maximum absolute atomic E-state index is 2.36. The van der Waals surface area contributed by atoms with Crippen LogP contribution in [0.15, 0.2) is 303 Å². The van der Waals surface area contributed by atoms with Gasteiger partial charge in [0.2, 0.25) is 0 Å². The minimum absolute atomic E-state index is 1.22. The van der Waals surface area contributed by atoms with E-state index < -0.39 is 0 Å². The summed E-state index contributed by atoms with van der Waals surface area (Å²) in [6.45, 7) is 8.00. The van der Waals surface area contributed by atoms with Crippen LogP contribution in [-0.4, -0.2) is 0 Å². The van der Waals surface area contributed by atoms with Crippen molar-refractivity contribution in [3.8, 4) is 55.6 Å². The first-order chi connectivity index (χ1) is 41.7. The van der Waals surface area contributed by atoms with Crippen molar-refractivity contribution in [2.75, 3.05) is 0 Å². The van der Waals surface area contributed by atoms with Crippen molar-refractivity contribution in [1.82, 2.24) is 0 Å². The molecule has 0 aliphatic carbocycles. The molecular weight excluding hydrogens is 1010 g/mol. The molecule has 0 spiro atoms. The van der Waals surface area contributed by atoms with Crippen molar-refractivity contribution < 1.29 is 0 Å². The molecule has 0 radical (unpaired) electrons. The molecule has 0 unspecified atom stereocenters. The molecular formula is C84H62. The third-order valence-corrected chi connectivity index (χ3v) is 17.0. The zero-order chi connectivity index (χ0) is 56.7. The lowest BCUT2D eigenvalue weighted by Crippen LogP contribution is -1.96. The van der Waals surface area contributed by atoms with Crippen LogP contribution in [-0.2, 0) is 0 Å². The summed E-state index contributed by atoms with van der Waals surface area (Å²) in [5.41, 5.74) is 12.5. The first kappa shape index (κ1) is 51.7. The van der Waals surface area contributed by atoms with Crippen molar-refractivity contribution in [2.45, 2.75) is 27.7 Å². The van der Waals surface area contributed by atoms with Crippen LogP contribution in [0.2, 0.25) is 0 Å². The molecule has 0 aliphatic heterocycles. The van der Waals surface area contributed by atoms with Gasteiger partial charge in [-0.2, -0.15) is 0 Å². The largest absolute Gasteiger partial charge is 0.0683 e. The van der Waals surface area contributed by atoms with E-state index in [-0.39, 0.29) is 0 Å². The molecule has 0 heterocycles. The molecule has 0 N–H and O–H groups in total. The summed E-state index contributed by atoms with van der Waals surface area (Å²) in [5.74, 6) is 0. The van der Waals surface area contributed by atoms with E-state index in [1.54, 1.807) is 0 Å². The van der Waals surface area contributed by atoms with Crippen molar-refractivity contribution in [2.24, 2.45) is 0 Å². The average Bonchev–Trinajstić information content (AvgIpc) is 0.925. The predicted octanol–water partition coefficient (Wildman–Crippen LogP) is 24.7. The molecule has 398 valence electrons. The first-order valence-corrected chi connectivity index (χ1v) is 29.8. The second-order valence-corrected chi connectivity index (χ2v) is 21.3. The summed E-state index contributed by atoms with van der Waals surface area (Å²) in [7, 11) is 0. The standard InChI is InChI=1S/C64H40.C16H10.2C2H6/c1-2-18-41(19-3-1)43-34-37-44(38-35-43)59-47-22-6-10-26-51(47)61(52-27-11-7-23-48(52)59)63-55-30-14-16-32-57(55)64(58-33-17-15-31-56(58)63)62-53-28-12-8-24-49(53)60(50-25-9-13-29-54(50)62)46-39-36-42-20-4-5-21-45(42)40-46;1-3-11-7-9-13-5-2-6-14-10-8-12(4-1)15(11)16(13)14;2*1-2/h1-40H;1-10H;2*1-2H3. The van der Waals surface area contributed by atoms with Crippen molar-refractivity contribution in [3.05, 3.63) is 303 Å². The van der Waals surface area contributed by atoms with E-state index in [1.807, 2.05) is 27.7 Å². The van der Waals surface area contributed by atoms with Gasteiger partial charge < -0.3 is 0 Å². The normalized spacial score (nSPS) is 11.3. The highest BCUT2D eigenvalue weighted by Gasteiger charge is 2.25. The molecule has 0 fully saturated rings. The quantitative estimate of drug-likeness (QED) is 0.119. The summed E-state index contributed by atoms with van der Waals surface area (Å²) < 4.78 is 0. The van der Waals surface area contributed by atoms with E-state index in [1.165, 1.54) is 163 Å². The topological polar surface area (TPSA) is 0 Å². The van der Waals surface area contributed by atoms with Gasteiger partial charge in [0, 0.05) is 0 Å². The Labute approximate surface area is 491 Å². The van der Waals surface area contributed by atoms with Crippen molar-refractivity contribution in [3.63, 3.8) is 0 Å². The van der Waals surface area contributed by atoms with Crippen LogP contribution >= 0.6 is 0 Å². The maximum Gasteiger partial charge on any atom is -0.00139 e. The molecule has 17 rings (SSSR count). The Balaban J connectivity index is 0.000000265. The Morgan fingerprint density at radius 3 is 0.714 bits per heavy atom. The molecule has 0 bridgehead atoms. The highest BCUT2D eigenvalue weighted by atomic mass is 14.3. The summed E-state index contributed by atoms with van der Waals surface area (Å²) >= 11 is 0. The monoisotopic (exact) mass is 1070 g/mol. The average molecular weight is 1070 g/mol. The number of rotatable bonds is 5. The highest BCUT2D eigenvalue weighted by Crippen LogP contribution is 2.53. The Hall–Kier alpha value is -10.4. The highest BCUT2D eigenvalue weighted by molar-refractivity contribution is 6.33. The summed E-state index contributed by atoms with van der Waals surface area (Å²) in [4.78, 5) is 0. The predicted molar refractivity (Wildman–Crippen MR) is 369 cm³/mol. The zero-order valence-corrected chi connectivity index (χ0v) is 47.9. The van der Waals surface area contributed by atoms with Gasteiger partial charge in [0.15, 0.2) is 0 Å². The zero-order valence-electron chi connectivity index (χ0n) is 47.9. The molecule has 0 saturated carbocycles. The molecule has 0 amide bonds. The fraction of sp³-hybridized carbons (Fsp3) is 0.0476. The smallest absolute Gasteiger partial charge is 0.00139 e. The fourth-order valence-electron chi connectivity index (χ4n) is 13.6. The van der Waals surface area contributed by atoms with Crippen molar-refractivity contribution in [1.29, 1.82) is 0 Å². The van der Waals surface area contributed by atoms with E-state index in [2.05, 4.69) is 303 Å². The number of fused-ring (bicyclic) bond motifs is 7. The Kier molecular flexibility index (Phi) is 13.6. The minimum atomic E-state index is 1.22. The second kappa shape index (κ2) is 22.2. The van der Waals surface area contributed by atoms with E-state index in [9.17, 15) is 0 Å². The van der Waals surface area contributed by atoms with Crippen LogP contribution in [0, 0.1) is 0 Å². The van der Waals surface area contributed by atoms with Crippen LogP contribution in [0.1, 0.15) is 27.7 Å². The van der Waals surface area contributed by atoms with Gasteiger partial charge in [-0.05, 0) is 169 Å². The van der Waals surface area contributed by atoms with Crippen molar-refractivity contribution >= 4 is 108 Å². The van der Waals surface area contributed by atoms with Gasteiger partial charge in [-0.1, -0.05) is 325 Å². The minimum Gasteiger partial charge on any atom is -0.0683 e. The second-order valence-electron chi connectivity index (χ2n) is 21.3. The van der Waals surface area contributed by atoms with Gasteiger partial charge in [0.25, 0.3) is 0 Å². The Bertz CT molecular complexity index is 4980. The van der Waals surface area contributed by atoms with E-state index in [0.29, 0.717) is 0 Å². The lowest BCUT2D eigenvalue weighted by atomic mass is 9.79. The molecule has 17 aromatic carbocycles. The van der Waals surface area contributed by atoms with Crippen LogP contribution in [0.3, 0.4) is 0 Å². The molecule has 0 heteroatoms. The number of hydrogen-bond acceptors (Lipinski definition) is 0. The molecule has 0 aromatic heterocycles. The van der Waals surface area contributed by atoms with Gasteiger partial charge in [-0.25, -0.2) is 0 Å². The maximum atomic E-state index is 2.36. The SMILES string of the molecule is CC.CC.c1cc2ccc3cccc4ccc(c1)c2c34.c1ccc(-c2ccc(-c3c4ccccc4c(-c4c5ccccc5c(-c5c6ccccc6c(-c6ccc7ccccc7c6)c6ccccc56)c5ccccc45)c4ccccc34)cc2)cc1. The summed E-state index contributed by atoms with van der Waals surface area (Å²) in [5, 5.41) is 25.7. The lowest BCUT2D eigenvalue weighted by Gasteiger charge is -2.24. The summed E-state index contributed by atoms with van der Waals surface area (Å²) in [6, 6.07) is 112. The lowest BCUT2D eigenvalue weighted by molar-refractivity contribution is 1.50. The third kappa shape index (κ3) is 8.61. The molecule has 0 atom stereocenters. The Morgan fingerprint density at radius 2 is 0.369 bits per heavy atom. The summed E-state index contributed by atoms with van der Waals surface area (Å²) in [6.07, 6.45) is 0. The molecule has 0 nitrogen and oxygen atoms in total.